The van der Waals surface area contributed by atoms with Gasteiger partial charge in [0.05, 0.1) is 0 Å². The van der Waals surface area contributed by atoms with Crippen LogP contribution in [0.15, 0.2) is 0 Å². The molecule has 3 heteroatoms. The topological polar surface area (TPSA) is 32.5 Å². The predicted octanol–water partition coefficient (Wildman–Crippen LogP) is 1.67. The van der Waals surface area contributed by atoms with Crippen molar-refractivity contribution in [1.29, 1.82) is 0 Å². The first-order valence-electron chi connectivity index (χ1n) is 7.96. The monoisotopic (exact) mass is 251 g/mol. The molecular formula is C15H29N3. The maximum Gasteiger partial charge on any atom is 0.0235 e. The Balaban J connectivity index is 1.49. The minimum atomic E-state index is 0.467. The van der Waals surface area contributed by atoms with Gasteiger partial charge in [-0.05, 0) is 57.5 Å². The first kappa shape index (κ1) is 12.9. The predicted molar refractivity (Wildman–Crippen MR) is 75.6 cm³/mol. The van der Waals surface area contributed by atoms with Crippen LogP contribution in [0.25, 0.3) is 0 Å². The zero-order valence-electron chi connectivity index (χ0n) is 11.9. The van der Waals surface area contributed by atoms with Crippen molar-refractivity contribution in [2.45, 2.75) is 63.6 Å². The molecule has 18 heavy (non-hydrogen) atoms. The van der Waals surface area contributed by atoms with Gasteiger partial charge in [0, 0.05) is 31.2 Å². The third kappa shape index (κ3) is 2.73. The Hall–Kier alpha value is -0.120. The largest absolute Gasteiger partial charge is 0.328 e. The molecular weight excluding hydrogens is 222 g/mol. The fourth-order valence-electron chi connectivity index (χ4n) is 4.19. The molecule has 1 saturated carbocycles. The molecule has 0 bridgehead atoms. The van der Waals surface area contributed by atoms with Crippen molar-refractivity contribution in [1.82, 2.24) is 9.80 Å². The number of nitrogens with two attached hydrogens (primary N) is 1. The van der Waals surface area contributed by atoms with Gasteiger partial charge >= 0.3 is 0 Å². The molecule has 3 nitrogen and oxygen atoms in total. The molecule has 2 N–H and O–H groups in total. The smallest absolute Gasteiger partial charge is 0.0235 e. The number of piperidine rings is 1. The van der Waals surface area contributed by atoms with Crippen LogP contribution < -0.4 is 5.73 Å². The summed E-state index contributed by atoms with van der Waals surface area (Å²) in [6.07, 6.45) is 8.13. The Kier molecular flexibility index (Phi) is 3.92. The molecule has 0 aromatic carbocycles. The van der Waals surface area contributed by atoms with E-state index in [1.807, 2.05) is 0 Å². The molecule has 0 amide bonds. The molecule has 0 aromatic rings. The van der Waals surface area contributed by atoms with Crippen molar-refractivity contribution in [3.8, 4) is 0 Å². The lowest BCUT2D eigenvalue weighted by Gasteiger charge is -2.35. The molecule has 0 spiro atoms. The lowest BCUT2D eigenvalue weighted by Crippen LogP contribution is -2.46. The second-order valence-corrected chi connectivity index (χ2v) is 6.88. The number of likely N-dealkylation sites (tertiary alicyclic amines) is 2. The molecule has 3 aliphatic rings. The first-order valence-corrected chi connectivity index (χ1v) is 7.96. The number of hydrogen-bond acceptors (Lipinski definition) is 3. The van der Waals surface area contributed by atoms with Gasteiger partial charge in [0.2, 0.25) is 0 Å². The maximum absolute atomic E-state index is 6.00. The quantitative estimate of drug-likeness (QED) is 0.810. The Labute approximate surface area is 112 Å². The van der Waals surface area contributed by atoms with Crippen LogP contribution in [-0.2, 0) is 0 Å². The van der Waals surface area contributed by atoms with E-state index in [1.165, 1.54) is 64.7 Å². The average molecular weight is 251 g/mol. The van der Waals surface area contributed by atoms with Crippen LogP contribution in [0.5, 0.6) is 0 Å². The van der Waals surface area contributed by atoms with Crippen LogP contribution in [0.3, 0.4) is 0 Å². The van der Waals surface area contributed by atoms with Crippen LogP contribution in [-0.4, -0.2) is 54.1 Å². The summed E-state index contributed by atoms with van der Waals surface area (Å²) in [5.74, 6) is 0.960. The number of nitrogens with zero attached hydrogens (tertiary/aromatic N) is 2. The summed E-state index contributed by atoms with van der Waals surface area (Å²) in [4.78, 5) is 5.49. The lowest BCUT2D eigenvalue weighted by molar-refractivity contribution is 0.143. The fraction of sp³-hybridized carbons (Fsp3) is 1.00. The van der Waals surface area contributed by atoms with Crippen molar-refractivity contribution < 1.29 is 0 Å². The van der Waals surface area contributed by atoms with Crippen molar-refractivity contribution in [3.63, 3.8) is 0 Å². The molecule has 2 heterocycles. The average Bonchev–Trinajstić information content (AvgIpc) is 2.98. The minimum absolute atomic E-state index is 0.467. The lowest BCUT2D eigenvalue weighted by atomic mass is 10.0. The van der Waals surface area contributed by atoms with E-state index >= 15 is 0 Å². The van der Waals surface area contributed by atoms with Crippen LogP contribution in [0.1, 0.15) is 45.4 Å². The molecule has 3 unspecified atom stereocenters. The van der Waals surface area contributed by atoms with Gasteiger partial charge in [-0.25, -0.2) is 0 Å². The zero-order valence-corrected chi connectivity index (χ0v) is 11.9. The van der Waals surface area contributed by atoms with Gasteiger partial charge in [-0.1, -0.05) is 6.92 Å². The van der Waals surface area contributed by atoms with Crippen molar-refractivity contribution in [2.75, 3.05) is 26.2 Å². The highest BCUT2D eigenvalue weighted by molar-refractivity contribution is 4.91. The van der Waals surface area contributed by atoms with E-state index in [9.17, 15) is 0 Å². The summed E-state index contributed by atoms with van der Waals surface area (Å²) >= 11 is 0. The third-order valence-corrected chi connectivity index (χ3v) is 5.47. The molecule has 3 atom stereocenters. The van der Waals surface area contributed by atoms with Crippen molar-refractivity contribution in [2.24, 2.45) is 11.7 Å². The van der Waals surface area contributed by atoms with Gasteiger partial charge in [0.15, 0.2) is 0 Å². The van der Waals surface area contributed by atoms with Crippen LogP contribution in [0, 0.1) is 5.92 Å². The molecule has 2 saturated heterocycles. The summed E-state index contributed by atoms with van der Waals surface area (Å²) in [5, 5.41) is 0. The highest BCUT2D eigenvalue weighted by Gasteiger charge is 2.35. The summed E-state index contributed by atoms with van der Waals surface area (Å²) in [6, 6.07) is 2.19. The SMILES string of the molecule is CC1CCC(N2CCC(N3CCC(N)CC3)C2)C1. The first-order chi connectivity index (χ1) is 8.72. The second kappa shape index (κ2) is 5.48. The summed E-state index contributed by atoms with van der Waals surface area (Å²) in [5.41, 5.74) is 6.00. The number of hydrogen-bond donors (Lipinski definition) is 1. The van der Waals surface area contributed by atoms with Gasteiger partial charge in [0.1, 0.15) is 0 Å². The summed E-state index contributed by atoms with van der Waals surface area (Å²) in [7, 11) is 0. The summed E-state index contributed by atoms with van der Waals surface area (Å²) < 4.78 is 0. The van der Waals surface area contributed by atoms with Gasteiger partial charge in [-0.3, -0.25) is 9.80 Å². The zero-order chi connectivity index (χ0) is 12.5. The van der Waals surface area contributed by atoms with E-state index in [2.05, 4.69) is 16.7 Å². The van der Waals surface area contributed by atoms with E-state index in [0.29, 0.717) is 6.04 Å². The standard InChI is InChI=1S/C15H29N3/c1-12-2-3-14(10-12)18-9-6-15(11-18)17-7-4-13(16)5-8-17/h12-15H,2-11,16H2,1H3. The molecule has 1 aliphatic carbocycles. The third-order valence-electron chi connectivity index (χ3n) is 5.47. The van der Waals surface area contributed by atoms with E-state index in [-0.39, 0.29) is 0 Å². The van der Waals surface area contributed by atoms with E-state index < -0.39 is 0 Å². The van der Waals surface area contributed by atoms with Crippen LogP contribution in [0.2, 0.25) is 0 Å². The van der Waals surface area contributed by atoms with E-state index in [1.54, 1.807) is 0 Å². The molecule has 0 radical (unpaired) electrons. The molecule has 104 valence electrons. The highest BCUT2D eigenvalue weighted by atomic mass is 15.3. The minimum Gasteiger partial charge on any atom is -0.328 e. The van der Waals surface area contributed by atoms with Gasteiger partial charge < -0.3 is 5.73 Å². The van der Waals surface area contributed by atoms with Gasteiger partial charge in [-0.2, -0.15) is 0 Å². The Morgan fingerprint density at radius 3 is 2.22 bits per heavy atom. The molecule has 0 aromatic heterocycles. The van der Waals surface area contributed by atoms with Gasteiger partial charge in [0.25, 0.3) is 0 Å². The van der Waals surface area contributed by atoms with Crippen molar-refractivity contribution >= 4 is 0 Å². The van der Waals surface area contributed by atoms with Crippen molar-refractivity contribution in [3.05, 3.63) is 0 Å². The Morgan fingerprint density at radius 1 is 0.833 bits per heavy atom. The fourth-order valence-corrected chi connectivity index (χ4v) is 4.19. The maximum atomic E-state index is 6.00. The normalized spacial score (nSPS) is 40.7. The van der Waals surface area contributed by atoms with Crippen LogP contribution in [0.4, 0.5) is 0 Å². The van der Waals surface area contributed by atoms with Crippen LogP contribution >= 0.6 is 0 Å². The molecule has 3 fully saturated rings. The highest BCUT2D eigenvalue weighted by Crippen LogP contribution is 2.32. The molecule has 3 rings (SSSR count). The Bertz CT molecular complexity index is 273. The number of rotatable bonds is 2. The van der Waals surface area contributed by atoms with Gasteiger partial charge in [-0.15, -0.1) is 0 Å². The Morgan fingerprint density at radius 2 is 1.56 bits per heavy atom. The van der Waals surface area contributed by atoms with E-state index in [4.69, 9.17) is 5.73 Å². The van der Waals surface area contributed by atoms with E-state index in [0.717, 1.165) is 18.0 Å². The summed E-state index contributed by atoms with van der Waals surface area (Å²) in [6.45, 7) is 7.55. The molecule has 2 aliphatic heterocycles. The second-order valence-electron chi connectivity index (χ2n) is 6.88.